The molecule has 0 bridgehead atoms. The van der Waals surface area contributed by atoms with Crippen molar-refractivity contribution in [3.05, 3.63) is 28.8 Å². The van der Waals surface area contributed by atoms with E-state index in [-0.39, 0.29) is 24.9 Å². The van der Waals surface area contributed by atoms with Gasteiger partial charge in [0.05, 0.1) is 6.26 Å². The summed E-state index contributed by atoms with van der Waals surface area (Å²) >= 11 is 5.91. The number of amides is 1. The molecule has 1 aromatic carbocycles. The Labute approximate surface area is 149 Å². The molecule has 2 rings (SSSR count). The average Bonchev–Trinajstić information content (AvgIpc) is 2.50. The van der Waals surface area contributed by atoms with Gasteiger partial charge in [-0.15, -0.1) is 0 Å². The Bertz CT molecular complexity index is 685. The number of hydrogen-bond donors (Lipinski definition) is 1. The molecular weight excluding hydrogens is 348 g/mol. The number of hydrogen-bond acceptors (Lipinski definition) is 3. The summed E-state index contributed by atoms with van der Waals surface area (Å²) in [4.78, 5) is 12.2. The topological polar surface area (TPSA) is 66.5 Å². The highest BCUT2D eigenvalue weighted by Gasteiger charge is 2.28. The van der Waals surface area contributed by atoms with Crippen molar-refractivity contribution in [1.29, 1.82) is 0 Å². The second kappa shape index (κ2) is 8.32. The van der Waals surface area contributed by atoms with Gasteiger partial charge in [0.2, 0.25) is 15.9 Å². The van der Waals surface area contributed by atoms with Gasteiger partial charge >= 0.3 is 0 Å². The summed E-state index contributed by atoms with van der Waals surface area (Å²) < 4.78 is 25.6. The Kier molecular flexibility index (Phi) is 6.66. The molecule has 7 heteroatoms. The van der Waals surface area contributed by atoms with Crippen molar-refractivity contribution in [2.75, 3.05) is 18.1 Å². The maximum absolute atomic E-state index is 12.2. The third kappa shape index (κ3) is 5.46. The minimum Gasteiger partial charge on any atom is -0.326 e. The van der Waals surface area contributed by atoms with Crippen LogP contribution in [0.1, 0.15) is 44.1 Å². The number of sulfonamides is 1. The molecule has 1 aliphatic carbocycles. The lowest BCUT2D eigenvalue weighted by Crippen LogP contribution is -2.42. The van der Waals surface area contributed by atoms with Crippen LogP contribution in [0.4, 0.5) is 5.69 Å². The molecule has 24 heavy (non-hydrogen) atoms. The molecule has 1 aliphatic rings. The molecule has 0 saturated heterocycles. The largest absolute Gasteiger partial charge is 0.326 e. The zero-order valence-electron chi connectivity index (χ0n) is 14.2. The second-order valence-corrected chi connectivity index (χ2v) is 8.79. The molecule has 134 valence electrons. The fourth-order valence-electron chi connectivity index (χ4n) is 3.18. The van der Waals surface area contributed by atoms with Crippen molar-refractivity contribution in [1.82, 2.24) is 4.31 Å². The molecule has 5 nitrogen and oxygen atoms in total. The van der Waals surface area contributed by atoms with Crippen molar-refractivity contribution < 1.29 is 13.2 Å². The van der Waals surface area contributed by atoms with E-state index in [9.17, 15) is 13.2 Å². The molecule has 1 N–H and O–H groups in total. The Morgan fingerprint density at radius 3 is 2.54 bits per heavy atom. The van der Waals surface area contributed by atoms with Crippen molar-refractivity contribution in [2.24, 2.45) is 0 Å². The van der Waals surface area contributed by atoms with Crippen LogP contribution in [0, 0.1) is 6.92 Å². The predicted molar refractivity (Wildman–Crippen MR) is 97.9 cm³/mol. The summed E-state index contributed by atoms with van der Waals surface area (Å²) in [7, 11) is -3.31. The zero-order valence-corrected chi connectivity index (χ0v) is 15.8. The lowest BCUT2D eigenvalue weighted by Gasteiger charge is -2.32. The first-order valence-electron chi connectivity index (χ1n) is 8.30. The Morgan fingerprint density at radius 2 is 1.96 bits per heavy atom. The van der Waals surface area contributed by atoms with E-state index in [2.05, 4.69) is 5.32 Å². The molecule has 0 aromatic heterocycles. The molecule has 1 aromatic rings. The number of carbonyl (C=O) groups is 1. The van der Waals surface area contributed by atoms with E-state index in [1.54, 1.807) is 18.2 Å². The van der Waals surface area contributed by atoms with Crippen molar-refractivity contribution in [3.63, 3.8) is 0 Å². The van der Waals surface area contributed by atoms with Crippen molar-refractivity contribution >= 4 is 33.2 Å². The fourth-order valence-corrected chi connectivity index (χ4v) is 4.58. The molecule has 0 aliphatic heterocycles. The lowest BCUT2D eigenvalue weighted by molar-refractivity contribution is -0.116. The highest BCUT2D eigenvalue weighted by atomic mass is 35.5. The summed E-state index contributed by atoms with van der Waals surface area (Å²) in [5.74, 6) is -0.190. The summed E-state index contributed by atoms with van der Waals surface area (Å²) in [6.45, 7) is 2.09. The molecule has 1 fully saturated rings. The number of aryl methyl sites for hydroxylation is 1. The second-order valence-electron chi connectivity index (χ2n) is 6.42. The number of halogens is 1. The van der Waals surface area contributed by atoms with Gasteiger partial charge in [0, 0.05) is 29.7 Å². The minimum atomic E-state index is -3.31. The standard InChI is InChI=1S/C17H25ClN2O3S/c1-13-12-14(18)8-9-16(13)19-17(21)10-11-20(24(2,22)23)15-6-4-3-5-7-15/h8-9,12,15H,3-7,10-11H2,1-2H3,(H,19,21). The van der Waals surface area contributed by atoms with E-state index in [1.807, 2.05) is 6.92 Å². The fraction of sp³-hybridized carbons (Fsp3) is 0.588. The smallest absolute Gasteiger partial charge is 0.225 e. The quantitative estimate of drug-likeness (QED) is 0.830. The van der Waals surface area contributed by atoms with Crippen LogP contribution in [-0.2, 0) is 14.8 Å². The van der Waals surface area contributed by atoms with Crippen LogP contribution in [0.3, 0.4) is 0 Å². The van der Waals surface area contributed by atoms with Crippen molar-refractivity contribution in [3.8, 4) is 0 Å². The van der Waals surface area contributed by atoms with E-state index in [0.29, 0.717) is 10.7 Å². The van der Waals surface area contributed by atoms with E-state index in [1.165, 1.54) is 10.6 Å². The molecule has 0 heterocycles. The molecule has 1 saturated carbocycles. The van der Waals surface area contributed by atoms with Gasteiger partial charge in [-0.2, -0.15) is 4.31 Å². The van der Waals surface area contributed by atoms with Gasteiger partial charge < -0.3 is 5.32 Å². The molecule has 0 atom stereocenters. The normalized spacial score (nSPS) is 16.3. The first-order chi connectivity index (χ1) is 11.3. The summed E-state index contributed by atoms with van der Waals surface area (Å²) in [6.07, 6.45) is 6.38. The maximum Gasteiger partial charge on any atom is 0.225 e. The Balaban J connectivity index is 1.96. The molecule has 0 unspecified atom stereocenters. The summed E-state index contributed by atoms with van der Waals surface area (Å²) in [6, 6.07) is 5.28. The lowest BCUT2D eigenvalue weighted by atomic mass is 9.95. The minimum absolute atomic E-state index is 0.0267. The average molecular weight is 373 g/mol. The first kappa shape index (κ1) is 19.2. The number of anilines is 1. The van der Waals surface area contributed by atoms with Gasteiger partial charge in [-0.25, -0.2) is 8.42 Å². The van der Waals surface area contributed by atoms with E-state index >= 15 is 0 Å². The van der Waals surface area contributed by atoms with Crippen molar-refractivity contribution in [2.45, 2.75) is 51.5 Å². The van der Waals surface area contributed by atoms with Gasteiger partial charge in [0.15, 0.2) is 0 Å². The molecular formula is C17H25ClN2O3S. The van der Waals surface area contributed by atoms with Gasteiger partial charge in [0.1, 0.15) is 0 Å². The first-order valence-corrected chi connectivity index (χ1v) is 10.5. The number of rotatable bonds is 6. The third-order valence-electron chi connectivity index (χ3n) is 4.43. The van der Waals surface area contributed by atoms with Gasteiger partial charge in [-0.1, -0.05) is 30.9 Å². The number of nitrogens with one attached hydrogen (secondary N) is 1. The summed E-state index contributed by atoms with van der Waals surface area (Å²) in [5.41, 5.74) is 1.58. The number of nitrogens with zero attached hydrogens (tertiary/aromatic N) is 1. The van der Waals surface area contributed by atoms with E-state index in [0.717, 1.165) is 37.7 Å². The molecule has 1 amide bonds. The highest BCUT2D eigenvalue weighted by molar-refractivity contribution is 7.88. The number of benzene rings is 1. The van der Waals surface area contributed by atoms with Crippen LogP contribution in [0.2, 0.25) is 5.02 Å². The predicted octanol–water partition coefficient (Wildman–Crippen LogP) is 3.57. The summed E-state index contributed by atoms with van der Waals surface area (Å²) in [5, 5.41) is 3.44. The SMILES string of the molecule is Cc1cc(Cl)ccc1NC(=O)CCN(C1CCCCC1)S(C)(=O)=O. The van der Waals surface area contributed by atoms with Gasteiger partial charge in [0.25, 0.3) is 0 Å². The van der Waals surface area contributed by atoms with Crippen LogP contribution >= 0.6 is 11.6 Å². The molecule has 0 radical (unpaired) electrons. The Hall–Kier alpha value is -1.11. The third-order valence-corrected chi connectivity index (χ3v) is 6.00. The Morgan fingerprint density at radius 1 is 1.29 bits per heavy atom. The van der Waals surface area contributed by atoms with Crippen LogP contribution in [0.25, 0.3) is 0 Å². The molecule has 0 spiro atoms. The van der Waals surface area contributed by atoms with Gasteiger partial charge in [-0.3, -0.25) is 4.79 Å². The van der Waals surface area contributed by atoms with Crippen LogP contribution in [-0.4, -0.2) is 37.5 Å². The van der Waals surface area contributed by atoms with E-state index in [4.69, 9.17) is 11.6 Å². The van der Waals surface area contributed by atoms with E-state index < -0.39 is 10.0 Å². The van der Waals surface area contributed by atoms with Crippen LogP contribution in [0.15, 0.2) is 18.2 Å². The van der Waals surface area contributed by atoms with Crippen LogP contribution in [0.5, 0.6) is 0 Å². The number of carbonyl (C=O) groups excluding carboxylic acids is 1. The maximum atomic E-state index is 12.2. The highest BCUT2D eigenvalue weighted by Crippen LogP contribution is 2.25. The monoisotopic (exact) mass is 372 g/mol. The zero-order chi connectivity index (χ0) is 17.7. The van der Waals surface area contributed by atoms with Crippen LogP contribution < -0.4 is 5.32 Å². The van der Waals surface area contributed by atoms with Gasteiger partial charge in [-0.05, 0) is 43.5 Å².